The van der Waals surface area contributed by atoms with Crippen molar-refractivity contribution in [2.75, 3.05) is 19.8 Å². The topological polar surface area (TPSA) is 47.6 Å². The second kappa shape index (κ2) is 6.94. The summed E-state index contributed by atoms with van der Waals surface area (Å²) >= 11 is 0. The third-order valence-electron chi connectivity index (χ3n) is 3.61. The van der Waals surface area contributed by atoms with E-state index in [1.54, 1.807) is 0 Å². The molecule has 0 radical (unpaired) electrons. The van der Waals surface area contributed by atoms with Crippen LogP contribution in [0.4, 0.5) is 0 Å². The number of hydrogen-bond donors (Lipinski definition) is 1. The van der Waals surface area contributed by atoms with Crippen molar-refractivity contribution in [3.63, 3.8) is 0 Å². The van der Waals surface area contributed by atoms with E-state index >= 15 is 0 Å². The lowest BCUT2D eigenvalue weighted by Gasteiger charge is -2.19. The summed E-state index contributed by atoms with van der Waals surface area (Å²) in [4.78, 5) is 11.7. The highest BCUT2D eigenvalue weighted by Crippen LogP contribution is 2.24. The van der Waals surface area contributed by atoms with Gasteiger partial charge >= 0.3 is 0 Å². The molecule has 4 heteroatoms. The number of rotatable bonds is 5. The SMILES string of the molecule is CC(C)(C)c1ccc(OCCNC(=O)[C@@H]2CCCO2)cc1. The number of amides is 1. The van der Waals surface area contributed by atoms with Crippen LogP contribution in [0.15, 0.2) is 24.3 Å². The molecule has 0 unspecified atom stereocenters. The minimum absolute atomic E-state index is 0.0285. The van der Waals surface area contributed by atoms with Crippen molar-refractivity contribution in [2.24, 2.45) is 0 Å². The first-order valence-electron chi connectivity index (χ1n) is 7.59. The lowest BCUT2D eigenvalue weighted by Crippen LogP contribution is -2.36. The number of carbonyl (C=O) groups is 1. The summed E-state index contributed by atoms with van der Waals surface area (Å²) in [6, 6.07) is 8.12. The Morgan fingerprint density at radius 1 is 1.33 bits per heavy atom. The molecule has 1 aliphatic rings. The van der Waals surface area contributed by atoms with Gasteiger partial charge in [-0.3, -0.25) is 4.79 Å². The van der Waals surface area contributed by atoms with Gasteiger partial charge in [-0.25, -0.2) is 0 Å². The van der Waals surface area contributed by atoms with Gasteiger partial charge in [0.05, 0.1) is 6.54 Å². The summed E-state index contributed by atoms with van der Waals surface area (Å²) < 4.78 is 11.0. The van der Waals surface area contributed by atoms with Crippen LogP contribution in [0.5, 0.6) is 5.75 Å². The Bertz CT molecular complexity index is 456. The molecule has 0 aromatic heterocycles. The van der Waals surface area contributed by atoms with Crippen molar-refractivity contribution in [2.45, 2.75) is 45.1 Å². The van der Waals surface area contributed by atoms with Crippen LogP contribution in [0.1, 0.15) is 39.2 Å². The Hall–Kier alpha value is -1.55. The molecule has 1 saturated heterocycles. The van der Waals surface area contributed by atoms with Gasteiger partial charge in [0.25, 0.3) is 0 Å². The van der Waals surface area contributed by atoms with Gasteiger partial charge in [-0.15, -0.1) is 0 Å². The third-order valence-corrected chi connectivity index (χ3v) is 3.61. The standard InChI is InChI=1S/C17H25NO3/c1-17(2,3)13-6-8-14(9-7-13)20-12-10-18-16(19)15-5-4-11-21-15/h6-9,15H,4-5,10-12H2,1-3H3,(H,18,19)/t15-/m0/s1. The number of benzene rings is 1. The van der Waals surface area contributed by atoms with E-state index in [4.69, 9.17) is 9.47 Å². The van der Waals surface area contributed by atoms with E-state index < -0.39 is 0 Å². The highest BCUT2D eigenvalue weighted by molar-refractivity contribution is 5.80. The molecule has 4 nitrogen and oxygen atoms in total. The largest absolute Gasteiger partial charge is 0.492 e. The van der Waals surface area contributed by atoms with Crippen LogP contribution in [0.2, 0.25) is 0 Å². The molecule has 21 heavy (non-hydrogen) atoms. The molecule has 1 fully saturated rings. The Morgan fingerprint density at radius 3 is 2.62 bits per heavy atom. The van der Waals surface area contributed by atoms with Gasteiger partial charge in [0.2, 0.25) is 5.91 Å². The van der Waals surface area contributed by atoms with E-state index in [9.17, 15) is 4.79 Å². The first-order chi connectivity index (χ1) is 9.97. The molecule has 1 heterocycles. The molecule has 116 valence electrons. The van der Waals surface area contributed by atoms with E-state index in [0.717, 1.165) is 18.6 Å². The summed E-state index contributed by atoms with van der Waals surface area (Å²) in [5.41, 5.74) is 1.43. The monoisotopic (exact) mass is 291 g/mol. The first-order valence-corrected chi connectivity index (χ1v) is 7.59. The molecular formula is C17H25NO3. The lowest BCUT2D eigenvalue weighted by atomic mass is 9.87. The van der Waals surface area contributed by atoms with E-state index in [-0.39, 0.29) is 17.4 Å². The van der Waals surface area contributed by atoms with Crippen molar-refractivity contribution in [1.29, 1.82) is 0 Å². The lowest BCUT2D eigenvalue weighted by molar-refractivity contribution is -0.130. The van der Waals surface area contributed by atoms with Crippen molar-refractivity contribution in [1.82, 2.24) is 5.32 Å². The maximum absolute atomic E-state index is 11.7. The predicted molar refractivity (Wildman–Crippen MR) is 82.6 cm³/mol. The normalized spacial score (nSPS) is 18.5. The third kappa shape index (κ3) is 4.74. The zero-order chi connectivity index (χ0) is 15.3. The first kappa shape index (κ1) is 15.8. The van der Waals surface area contributed by atoms with Crippen LogP contribution in [0.3, 0.4) is 0 Å². The molecule has 1 amide bonds. The van der Waals surface area contributed by atoms with Gasteiger partial charge in [0.15, 0.2) is 0 Å². The molecule has 0 saturated carbocycles. The summed E-state index contributed by atoms with van der Waals surface area (Å²) in [5, 5.41) is 2.84. The molecule has 0 bridgehead atoms. The number of carbonyl (C=O) groups excluding carboxylic acids is 1. The van der Waals surface area contributed by atoms with Crippen LogP contribution in [0, 0.1) is 0 Å². The number of hydrogen-bond acceptors (Lipinski definition) is 3. The van der Waals surface area contributed by atoms with Crippen LogP contribution < -0.4 is 10.1 Å². The maximum atomic E-state index is 11.7. The van der Waals surface area contributed by atoms with Crippen molar-refractivity contribution < 1.29 is 14.3 Å². The van der Waals surface area contributed by atoms with Crippen LogP contribution in [-0.2, 0) is 14.9 Å². The molecule has 1 atom stereocenters. The van der Waals surface area contributed by atoms with Crippen LogP contribution >= 0.6 is 0 Å². The van der Waals surface area contributed by atoms with Gasteiger partial charge < -0.3 is 14.8 Å². The zero-order valence-electron chi connectivity index (χ0n) is 13.1. The van der Waals surface area contributed by atoms with Crippen LogP contribution in [0.25, 0.3) is 0 Å². The predicted octanol–water partition coefficient (Wildman–Crippen LogP) is 2.66. The Balaban J connectivity index is 1.70. The highest BCUT2D eigenvalue weighted by atomic mass is 16.5. The molecule has 1 aromatic rings. The van der Waals surface area contributed by atoms with Gasteiger partial charge in [-0.05, 0) is 36.0 Å². The van der Waals surface area contributed by atoms with E-state index in [0.29, 0.717) is 19.8 Å². The molecule has 1 aliphatic heterocycles. The Labute approximate surface area is 126 Å². The summed E-state index contributed by atoms with van der Waals surface area (Å²) in [7, 11) is 0. The molecule has 1 N–H and O–H groups in total. The van der Waals surface area contributed by atoms with Crippen molar-refractivity contribution in [3.05, 3.63) is 29.8 Å². The average molecular weight is 291 g/mol. The van der Waals surface area contributed by atoms with Gasteiger partial charge in [-0.1, -0.05) is 32.9 Å². The zero-order valence-corrected chi connectivity index (χ0v) is 13.1. The van der Waals surface area contributed by atoms with Crippen molar-refractivity contribution in [3.8, 4) is 5.75 Å². The smallest absolute Gasteiger partial charge is 0.249 e. The summed E-state index contributed by atoms with van der Waals surface area (Å²) in [6.07, 6.45) is 1.52. The fraction of sp³-hybridized carbons (Fsp3) is 0.588. The summed E-state index contributed by atoms with van der Waals surface area (Å²) in [5.74, 6) is 0.800. The highest BCUT2D eigenvalue weighted by Gasteiger charge is 2.22. The number of ether oxygens (including phenoxy) is 2. The van der Waals surface area contributed by atoms with E-state index in [1.807, 2.05) is 12.1 Å². The molecule has 1 aromatic carbocycles. The van der Waals surface area contributed by atoms with Gasteiger partial charge in [0, 0.05) is 6.61 Å². The van der Waals surface area contributed by atoms with E-state index in [1.165, 1.54) is 5.56 Å². The molecule has 2 rings (SSSR count). The minimum Gasteiger partial charge on any atom is -0.492 e. The van der Waals surface area contributed by atoms with Gasteiger partial charge in [-0.2, -0.15) is 0 Å². The average Bonchev–Trinajstić information content (AvgIpc) is 2.97. The Morgan fingerprint density at radius 2 is 2.05 bits per heavy atom. The fourth-order valence-corrected chi connectivity index (χ4v) is 2.29. The quantitative estimate of drug-likeness (QED) is 0.848. The number of nitrogens with one attached hydrogen (secondary N) is 1. The molecular weight excluding hydrogens is 266 g/mol. The van der Waals surface area contributed by atoms with Crippen molar-refractivity contribution >= 4 is 5.91 Å². The van der Waals surface area contributed by atoms with Gasteiger partial charge in [0.1, 0.15) is 18.5 Å². The summed E-state index contributed by atoms with van der Waals surface area (Å²) in [6.45, 7) is 8.21. The maximum Gasteiger partial charge on any atom is 0.249 e. The fourth-order valence-electron chi connectivity index (χ4n) is 2.29. The van der Waals surface area contributed by atoms with Crippen LogP contribution in [-0.4, -0.2) is 31.8 Å². The van der Waals surface area contributed by atoms with E-state index in [2.05, 4.69) is 38.2 Å². The molecule has 0 spiro atoms. The second-order valence-corrected chi connectivity index (χ2v) is 6.42. The minimum atomic E-state index is -0.268. The molecule has 0 aliphatic carbocycles. The second-order valence-electron chi connectivity index (χ2n) is 6.42. The Kier molecular flexibility index (Phi) is 5.23.